The molecule has 0 spiro atoms. The van der Waals surface area contributed by atoms with Crippen molar-refractivity contribution in [2.24, 2.45) is 0 Å². The molecule has 0 saturated heterocycles. The summed E-state index contributed by atoms with van der Waals surface area (Å²) < 4.78 is 21.2. The summed E-state index contributed by atoms with van der Waals surface area (Å²) in [6, 6.07) is 8.46. The Bertz CT molecular complexity index is 923. The minimum atomic E-state index is -0.604. The van der Waals surface area contributed by atoms with Crippen LogP contribution in [0, 0.1) is 0 Å². The first kappa shape index (κ1) is 19.5. The highest BCUT2D eigenvalue weighted by Crippen LogP contribution is 2.41. The number of anilines is 1. The van der Waals surface area contributed by atoms with Crippen LogP contribution in [-0.2, 0) is 4.74 Å². The molecule has 1 aliphatic rings. The highest BCUT2D eigenvalue weighted by molar-refractivity contribution is 6.10. The van der Waals surface area contributed by atoms with Gasteiger partial charge in [0.1, 0.15) is 11.9 Å². The number of ether oxygens (including phenoxy) is 4. The smallest absolute Gasteiger partial charge is 0.340 e. The molecule has 0 saturated carbocycles. The van der Waals surface area contributed by atoms with Crippen LogP contribution in [0.2, 0.25) is 0 Å². The molecular formula is C21H23NO6. The standard InChI is InChI=1S/C21H23NO6/c1-11-12(2)28-19-13(11)7-6-8-14(19)20(23)22-16-10-18(26-4)17(25-3)9-15(16)21(24)27-5/h6-12H,1-5H3,(H,22,23)/t11-,12+/m1/s1. The lowest BCUT2D eigenvalue weighted by Gasteiger charge is -2.15. The first-order valence-electron chi connectivity index (χ1n) is 8.86. The lowest BCUT2D eigenvalue weighted by Crippen LogP contribution is -2.17. The molecule has 7 heteroatoms. The molecule has 2 aromatic carbocycles. The van der Waals surface area contributed by atoms with E-state index in [1.54, 1.807) is 6.07 Å². The third kappa shape index (κ3) is 3.35. The summed E-state index contributed by atoms with van der Waals surface area (Å²) in [4.78, 5) is 25.2. The zero-order chi connectivity index (χ0) is 20.4. The van der Waals surface area contributed by atoms with E-state index < -0.39 is 11.9 Å². The van der Waals surface area contributed by atoms with Gasteiger partial charge in [0, 0.05) is 23.6 Å². The van der Waals surface area contributed by atoms with Crippen molar-refractivity contribution in [1.82, 2.24) is 0 Å². The predicted molar refractivity (Wildman–Crippen MR) is 104 cm³/mol. The van der Waals surface area contributed by atoms with Crippen molar-refractivity contribution in [3.05, 3.63) is 47.0 Å². The van der Waals surface area contributed by atoms with Crippen LogP contribution >= 0.6 is 0 Å². The van der Waals surface area contributed by atoms with Crippen LogP contribution in [-0.4, -0.2) is 39.3 Å². The summed E-state index contributed by atoms with van der Waals surface area (Å²) in [6.07, 6.45) is -0.0179. The molecule has 2 aromatic rings. The Morgan fingerprint density at radius 2 is 1.68 bits per heavy atom. The van der Waals surface area contributed by atoms with E-state index in [2.05, 4.69) is 12.2 Å². The van der Waals surface area contributed by atoms with Gasteiger partial charge in [0.05, 0.1) is 38.1 Å². The molecule has 0 unspecified atom stereocenters. The summed E-state index contributed by atoms with van der Waals surface area (Å²) in [5.74, 6) is 0.493. The zero-order valence-electron chi connectivity index (χ0n) is 16.5. The van der Waals surface area contributed by atoms with Gasteiger partial charge in [-0.15, -0.1) is 0 Å². The Labute approximate surface area is 163 Å². The number of carbonyl (C=O) groups excluding carboxylic acids is 2. The van der Waals surface area contributed by atoms with Crippen LogP contribution in [0.4, 0.5) is 5.69 Å². The summed E-state index contributed by atoms with van der Waals surface area (Å²) in [7, 11) is 4.21. The van der Waals surface area contributed by atoms with E-state index in [1.807, 2.05) is 19.1 Å². The van der Waals surface area contributed by atoms with E-state index in [0.29, 0.717) is 22.8 Å². The summed E-state index contributed by atoms with van der Waals surface area (Å²) in [5, 5.41) is 2.77. The highest BCUT2D eigenvalue weighted by Gasteiger charge is 2.31. The number of methoxy groups -OCH3 is 3. The summed E-state index contributed by atoms with van der Waals surface area (Å²) in [5.41, 5.74) is 1.80. The summed E-state index contributed by atoms with van der Waals surface area (Å²) >= 11 is 0. The maximum atomic E-state index is 13.0. The number of carbonyl (C=O) groups is 2. The maximum absolute atomic E-state index is 13.0. The minimum absolute atomic E-state index is 0.0179. The van der Waals surface area contributed by atoms with Gasteiger partial charge in [0.15, 0.2) is 11.5 Å². The van der Waals surface area contributed by atoms with Crippen molar-refractivity contribution in [3.8, 4) is 17.2 Å². The molecule has 0 aliphatic carbocycles. The average Bonchev–Trinajstić information content (AvgIpc) is 3.00. The van der Waals surface area contributed by atoms with Gasteiger partial charge in [-0.2, -0.15) is 0 Å². The largest absolute Gasteiger partial charge is 0.493 e. The molecule has 0 bridgehead atoms. The van der Waals surface area contributed by atoms with Gasteiger partial charge in [-0.1, -0.05) is 19.1 Å². The van der Waals surface area contributed by atoms with E-state index in [0.717, 1.165) is 5.56 Å². The molecular weight excluding hydrogens is 362 g/mol. The first-order chi connectivity index (χ1) is 13.4. The molecule has 1 amide bonds. The van der Waals surface area contributed by atoms with Gasteiger partial charge < -0.3 is 24.3 Å². The van der Waals surface area contributed by atoms with E-state index >= 15 is 0 Å². The van der Waals surface area contributed by atoms with Crippen molar-refractivity contribution in [3.63, 3.8) is 0 Å². The van der Waals surface area contributed by atoms with E-state index in [4.69, 9.17) is 18.9 Å². The van der Waals surface area contributed by atoms with Crippen molar-refractivity contribution >= 4 is 17.6 Å². The Morgan fingerprint density at radius 1 is 1.00 bits per heavy atom. The van der Waals surface area contributed by atoms with Crippen molar-refractivity contribution in [1.29, 1.82) is 0 Å². The minimum Gasteiger partial charge on any atom is -0.493 e. The van der Waals surface area contributed by atoms with E-state index in [9.17, 15) is 9.59 Å². The molecule has 7 nitrogen and oxygen atoms in total. The van der Waals surface area contributed by atoms with Gasteiger partial charge in [0.25, 0.3) is 5.91 Å². The van der Waals surface area contributed by atoms with Crippen LogP contribution in [0.1, 0.15) is 46.0 Å². The highest BCUT2D eigenvalue weighted by atomic mass is 16.5. The molecule has 0 aromatic heterocycles. The molecule has 0 radical (unpaired) electrons. The van der Waals surface area contributed by atoms with Crippen LogP contribution < -0.4 is 19.5 Å². The maximum Gasteiger partial charge on any atom is 0.340 e. The fourth-order valence-corrected chi connectivity index (χ4v) is 3.22. The number of esters is 1. The molecule has 1 N–H and O–H groups in total. The number of amides is 1. The number of rotatable bonds is 5. The lowest BCUT2D eigenvalue weighted by atomic mass is 9.96. The molecule has 1 heterocycles. The van der Waals surface area contributed by atoms with E-state index in [1.165, 1.54) is 33.5 Å². The van der Waals surface area contributed by atoms with E-state index in [-0.39, 0.29) is 23.3 Å². The van der Waals surface area contributed by atoms with Crippen LogP contribution in [0.25, 0.3) is 0 Å². The van der Waals surface area contributed by atoms with Crippen molar-refractivity contribution in [2.75, 3.05) is 26.6 Å². The third-order valence-electron chi connectivity index (χ3n) is 4.97. The van der Waals surface area contributed by atoms with Crippen molar-refractivity contribution in [2.45, 2.75) is 25.9 Å². The number of benzene rings is 2. The van der Waals surface area contributed by atoms with Crippen LogP contribution in [0.3, 0.4) is 0 Å². The molecule has 1 aliphatic heterocycles. The molecule has 148 valence electrons. The Hall–Kier alpha value is -3.22. The third-order valence-corrected chi connectivity index (χ3v) is 4.97. The SMILES string of the molecule is COC(=O)c1cc(OC)c(OC)cc1NC(=O)c1cccc2c1O[C@@H](C)[C@H]2C. The van der Waals surface area contributed by atoms with Gasteiger partial charge in [-0.05, 0) is 13.0 Å². The number of para-hydroxylation sites is 1. The Balaban J connectivity index is 2.00. The molecule has 0 fully saturated rings. The normalized spacial score (nSPS) is 17.3. The number of fused-ring (bicyclic) bond motifs is 1. The number of hydrogen-bond acceptors (Lipinski definition) is 6. The zero-order valence-corrected chi connectivity index (χ0v) is 16.5. The topological polar surface area (TPSA) is 83.1 Å². The second kappa shape index (κ2) is 7.80. The monoisotopic (exact) mass is 385 g/mol. The second-order valence-corrected chi connectivity index (χ2v) is 6.53. The first-order valence-corrected chi connectivity index (χ1v) is 8.86. The second-order valence-electron chi connectivity index (χ2n) is 6.53. The Morgan fingerprint density at radius 3 is 2.32 bits per heavy atom. The molecule has 28 heavy (non-hydrogen) atoms. The quantitative estimate of drug-likeness (QED) is 0.792. The number of hydrogen-bond donors (Lipinski definition) is 1. The van der Waals surface area contributed by atoms with Crippen LogP contribution in [0.5, 0.6) is 17.2 Å². The average molecular weight is 385 g/mol. The molecule has 2 atom stereocenters. The van der Waals surface area contributed by atoms with Crippen molar-refractivity contribution < 1.29 is 28.5 Å². The van der Waals surface area contributed by atoms with Gasteiger partial charge >= 0.3 is 5.97 Å². The van der Waals surface area contributed by atoms with Gasteiger partial charge in [0.2, 0.25) is 0 Å². The lowest BCUT2D eigenvalue weighted by molar-refractivity contribution is 0.0601. The predicted octanol–water partition coefficient (Wildman–Crippen LogP) is 3.63. The van der Waals surface area contributed by atoms with Crippen LogP contribution in [0.15, 0.2) is 30.3 Å². The Kier molecular flexibility index (Phi) is 5.44. The molecule has 3 rings (SSSR count). The fourth-order valence-electron chi connectivity index (χ4n) is 3.22. The van der Waals surface area contributed by atoms with Gasteiger partial charge in [-0.3, -0.25) is 4.79 Å². The fraction of sp³-hybridized carbons (Fsp3) is 0.333. The summed E-state index contributed by atoms with van der Waals surface area (Å²) in [6.45, 7) is 4.03. The number of nitrogens with one attached hydrogen (secondary N) is 1. The van der Waals surface area contributed by atoms with Gasteiger partial charge in [-0.25, -0.2) is 4.79 Å².